The smallest absolute Gasteiger partial charge is 0.224 e. The summed E-state index contributed by atoms with van der Waals surface area (Å²) < 4.78 is 5.33. The Hall–Kier alpha value is -1.61. The lowest BCUT2D eigenvalue weighted by molar-refractivity contribution is -0.140. The second-order valence-electron chi connectivity index (χ2n) is 8.52. The number of carbonyl (C=O) groups is 2. The average molecular weight is 376 g/mol. The van der Waals surface area contributed by atoms with E-state index in [-0.39, 0.29) is 30.1 Å². The minimum Gasteiger partial charge on any atom is -0.378 e. The van der Waals surface area contributed by atoms with E-state index in [1.807, 2.05) is 4.90 Å². The van der Waals surface area contributed by atoms with Gasteiger partial charge in [0, 0.05) is 25.4 Å². The highest BCUT2D eigenvalue weighted by Crippen LogP contribution is 2.45. The third-order valence-corrected chi connectivity index (χ3v) is 6.64. The SMILES string of the molecule is CCC1CC1(C#N)NC(=O)C(CC(=O)N1CCOCC1)CC1CCCCC1. The molecule has 2 saturated carbocycles. The van der Waals surface area contributed by atoms with E-state index in [0.717, 1.165) is 32.1 Å². The Bertz CT molecular complexity index is 576. The van der Waals surface area contributed by atoms with Crippen LogP contribution in [0.2, 0.25) is 0 Å². The van der Waals surface area contributed by atoms with E-state index < -0.39 is 5.54 Å². The number of carbonyl (C=O) groups excluding carboxylic acids is 2. The lowest BCUT2D eigenvalue weighted by Gasteiger charge is -2.30. The number of amides is 2. The number of nitrogens with one attached hydrogen (secondary N) is 1. The number of morpholine rings is 1. The van der Waals surface area contributed by atoms with Gasteiger partial charge >= 0.3 is 0 Å². The quantitative estimate of drug-likeness (QED) is 0.741. The zero-order chi connectivity index (χ0) is 19.3. The van der Waals surface area contributed by atoms with E-state index in [4.69, 9.17) is 4.74 Å². The maximum Gasteiger partial charge on any atom is 0.224 e. The van der Waals surface area contributed by atoms with Crippen molar-refractivity contribution in [3.05, 3.63) is 0 Å². The van der Waals surface area contributed by atoms with E-state index in [0.29, 0.717) is 32.2 Å². The molecule has 2 amide bonds. The third-order valence-electron chi connectivity index (χ3n) is 6.64. The van der Waals surface area contributed by atoms with Gasteiger partial charge in [0.2, 0.25) is 11.8 Å². The second-order valence-corrected chi connectivity index (χ2v) is 8.52. The molecule has 1 aliphatic heterocycles. The highest BCUT2D eigenvalue weighted by molar-refractivity contribution is 5.86. The molecule has 3 atom stereocenters. The first-order valence-corrected chi connectivity index (χ1v) is 10.7. The predicted molar refractivity (Wildman–Crippen MR) is 102 cm³/mol. The fraction of sp³-hybridized carbons (Fsp3) is 0.857. The molecule has 0 radical (unpaired) electrons. The summed E-state index contributed by atoms with van der Waals surface area (Å²) in [5, 5.41) is 12.6. The summed E-state index contributed by atoms with van der Waals surface area (Å²) in [4.78, 5) is 27.6. The summed E-state index contributed by atoms with van der Waals surface area (Å²) >= 11 is 0. The lowest BCUT2D eigenvalue weighted by Crippen LogP contribution is -2.45. The first kappa shape index (κ1) is 20.1. The van der Waals surface area contributed by atoms with Crippen molar-refractivity contribution in [1.82, 2.24) is 10.2 Å². The molecule has 3 fully saturated rings. The molecule has 0 spiro atoms. The van der Waals surface area contributed by atoms with Crippen LogP contribution in [0.5, 0.6) is 0 Å². The number of ether oxygens (including phenoxy) is 1. The Morgan fingerprint density at radius 2 is 1.96 bits per heavy atom. The van der Waals surface area contributed by atoms with Crippen molar-refractivity contribution in [2.45, 2.75) is 70.3 Å². The van der Waals surface area contributed by atoms with Gasteiger partial charge in [-0.3, -0.25) is 9.59 Å². The van der Waals surface area contributed by atoms with Crippen LogP contribution in [0.4, 0.5) is 0 Å². The van der Waals surface area contributed by atoms with Crippen molar-refractivity contribution in [1.29, 1.82) is 5.26 Å². The minimum absolute atomic E-state index is 0.0445. The molecule has 27 heavy (non-hydrogen) atoms. The molecule has 1 saturated heterocycles. The van der Waals surface area contributed by atoms with Crippen LogP contribution >= 0.6 is 0 Å². The van der Waals surface area contributed by atoms with Crippen LogP contribution in [0.1, 0.15) is 64.7 Å². The van der Waals surface area contributed by atoms with E-state index in [9.17, 15) is 14.9 Å². The van der Waals surface area contributed by atoms with Crippen LogP contribution in [-0.4, -0.2) is 48.6 Å². The van der Waals surface area contributed by atoms with Gasteiger partial charge < -0.3 is 15.0 Å². The van der Waals surface area contributed by atoms with Crippen LogP contribution < -0.4 is 5.32 Å². The summed E-state index contributed by atoms with van der Waals surface area (Å²) in [5.74, 6) is 0.387. The maximum absolute atomic E-state index is 13.1. The number of nitriles is 1. The number of hydrogen-bond donors (Lipinski definition) is 1. The fourth-order valence-electron chi connectivity index (χ4n) is 4.72. The van der Waals surface area contributed by atoms with Crippen LogP contribution in [0.25, 0.3) is 0 Å². The van der Waals surface area contributed by atoms with Crippen molar-refractivity contribution < 1.29 is 14.3 Å². The molecule has 1 N–H and O–H groups in total. The van der Waals surface area contributed by atoms with Crippen LogP contribution in [-0.2, 0) is 14.3 Å². The zero-order valence-electron chi connectivity index (χ0n) is 16.5. The molecule has 0 aromatic carbocycles. The Balaban J connectivity index is 1.63. The largest absolute Gasteiger partial charge is 0.378 e. The average Bonchev–Trinajstić information content (AvgIpc) is 3.42. The van der Waals surface area contributed by atoms with Gasteiger partial charge in [-0.15, -0.1) is 0 Å². The van der Waals surface area contributed by atoms with Gasteiger partial charge in [-0.25, -0.2) is 0 Å². The molecule has 6 heteroatoms. The number of rotatable bonds is 7. The van der Waals surface area contributed by atoms with Gasteiger partial charge in [-0.2, -0.15) is 5.26 Å². The summed E-state index contributed by atoms with van der Waals surface area (Å²) in [6.45, 7) is 4.41. The Morgan fingerprint density at radius 1 is 1.26 bits per heavy atom. The highest BCUT2D eigenvalue weighted by atomic mass is 16.5. The summed E-state index contributed by atoms with van der Waals surface area (Å²) in [6, 6.07) is 2.32. The van der Waals surface area contributed by atoms with Crippen LogP contribution in [0.15, 0.2) is 0 Å². The van der Waals surface area contributed by atoms with Crippen molar-refractivity contribution in [2.75, 3.05) is 26.3 Å². The first-order valence-electron chi connectivity index (χ1n) is 10.7. The fourth-order valence-corrected chi connectivity index (χ4v) is 4.72. The van der Waals surface area contributed by atoms with Crippen molar-refractivity contribution in [3.8, 4) is 6.07 Å². The molecule has 3 aliphatic rings. The van der Waals surface area contributed by atoms with Crippen molar-refractivity contribution in [3.63, 3.8) is 0 Å². The molecule has 0 bridgehead atoms. The summed E-state index contributed by atoms with van der Waals surface area (Å²) in [5.41, 5.74) is -0.696. The minimum atomic E-state index is -0.696. The summed E-state index contributed by atoms with van der Waals surface area (Å²) in [7, 11) is 0. The van der Waals surface area contributed by atoms with Gasteiger partial charge in [-0.05, 0) is 31.1 Å². The van der Waals surface area contributed by atoms with Gasteiger partial charge in [0.25, 0.3) is 0 Å². The van der Waals surface area contributed by atoms with Gasteiger partial charge in [0.05, 0.1) is 19.3 Å². The number of nitrogens with zero attached hydrogens (tertiary/aromatic N) is 2. The van der Waals surface area contributed by atoms with Crippen molar-refractivity contribution >= 4 is 11.8 Å². The Morgan fingerprint density at radius 3 is 2.56 bits per heavy atom. The molecule has 1 heterocycles. The molecule has 0 aromatic heterocycles. The topological polar surface area (TPSA) is 82.4 Å². The Kier molecular flexibility index (Phi) is 6.75. The first-order chi connectivity index (χ1) is 13.1. The molecule has 3 unspecified atom stereocenters. The maximum atomic E-state index is 13.1. The van der Waals surface area contributed by atoms with Crippen LogP contribution in [0, 0.1) is 29.1 Å². The van der Waals surface area contributed by atoms with E-state index in [2.05, 4.69) is 18.3 Å². The molecule has 150 valence electrons. The van der Waals surface area contributed by atoms with E-state index >= 15 is 0 Å². The monoisotopic (exact) mass is 375 g/mol. The predicted octanol–water partition coefficient (Wildman–Crippen LogP) is 2.63. The molecular weight excluding hydrogens is 342 g/mol. The van der Waals surface area contributed by atoms with E-state index in [1.165, 1.54) is 19.3 Å². The molecule has 3 rings (SSSR count). The third kappa shape index (κ3) is 5.01. The number of hydrogen-bond acceptors (Lipinski definition) is 4. The molecule has 0 aromatic rings. The van der Waals surface area contributed by atoms with Crippen LogP contribution in [0.3, 0.4) is 0 Å². The zero-order valence-corrected chi connectivity index (χ0v) is 16.5. The molecule has 6 nitrogen and oxygen atoms in total. The molecule has 2 aliphatic carbocycles. The lowest BCUT2D eigenvalue weighted by atomic mass is 9.81. The summed E-state index contributed by atoms with van der Waals surface area (Å²) in [6.07, 6.45) is 8.66. The molecular formula is C21H33N3O3. The van der Waals surface area contributed by atoms with Gasteiger partial charge in [-0.1, -0.05) is 39.0 Å². The van der Waals surface area contributed by atoms with Gasteiger partial charge in [0.15, 0.2) is 0 Å². The Labute approximate surface area is 162 Å². The van der Waals surface area contributed by atoms with E-state index in [1.54, 1.807) is 0 Å². The normalized spacial score (nSPS) is 29.6. The van der Waals surface area contributed by atoms with Gasteiger partial charge in [0.1, 0.15) is 5.54 Å². The standard InChI is InChI=1S/C21H33N3O3/c1-2-18-14-21(18,15-22)23-20(26)17(12-16-6-4-3-5-7-16)13-19(25)24-8-10-27-11-9-24/h16-18H,2-14H2,1H3,(H,23,26). The van der Waals surface area contributed by atoms with Crippen molar-refractivity contribution in [2.24, 2.45) is 17.8 Å². The highest BCUT2D eigenvalue weighted by Gasteiger charge is 2.55. The second kappa shape index (κ2) is 9.05.